The molecule has 1 aliphatic heterocycles. The first-order valence-corrected chi connectivity index (χ1v) is 4.34. The highest BCUT2D eigenvalue weighted by Gasteiger charge is 2.48. The van der Waals surface area contributed by atoms with Crippen LogP contribution in [0, 0.1) is 28.6 Å². The van der Waals surface area contributed by atoms with Gasteiger partial charge in [-0.15, -0.1) is 0 Å². The average Bonchev–Trinajstić information content (AvgIpc) is 2.53. The number of amides is 1. The Balaban J connectivity index is 2.19. The molecular weight excluding hydrogens is 152 g/mol. The van der Waals surface area contributed by atoms with Gasteiger partial charge in [-0.3, -0.25) is 4.79 Å². The van der Waals surface area contributed by atoms with Gasteiger partial charge in [-0.1, -0.05) is 0 Å². The van der Waals surface area contributed by atoms with Crippen LogP contribution in [0.25, 0.3) is 0 Å². The van der Waals surface area contributed by atoms with Gasteiger partial charge in [0, 0.05) is 12.5 Å². The molecule has 0 spiro atoms. The van der Waals surface area contributed by atoms with Gasteiger partial charge in [0.2, 0.25) is 5.91 Å². The van der Waals surface area contributed by atoms with Crippen LogP contribution in [-0.4, -0.2) is 12.5 Å². The summed E-state index contributed by atoms with van der Waals surface area (Å²) in [5.41, 5.74) is -0.243. The summed E-state index contributed by atoms with van der Waals surface area (Å²) in [5, 5.41) is 11.7. The first kappa shape index (κ1) is 7.60. The Kier molecular flexibility index (Phi) is 1.41. The van der Waals surface area contributed by atoms with Gasteiger partial charge in [0.25, 0.3) is 0 Å². The van der Waals surface area contributed by atoms with E-state index in [9.17, 15) is 4.79 Å². The van der Waals surface area contributed by atoms with Crippen LogP contribution in [0.1, 0.15) is 19.8 Å². The Bertz CT molecular complexity index is 268. The van der Waals surface area contributed by atoms with E-state index in [2.05, 4.69) is 11.4 Å². The van der Waals surface area contributed by atoms with Crippen molar-refractivity contribution in [2.75, 3.05) is 6.54 Å². The summed E-state index contributed by atoms with van der Waals surface area (Å²) in [6.07, 6.45) is 1.63. The van der Waals surface area contributed by atoms with Gasteiger partial charge in [0.05, 0.1) is 11.5 Å². The van der Waals surface area contributed by atoms with E-state index in [1.165, 1.54) is 0 Å². The fraction of sp³-hybridized carbons (Fsp3) is 0.778. The molecular formula is C9H12N2O. The maximum atomic E-state index is 11.2. The summed E-state index contributed by atoms with van der Waals surface area (Å²) in [5.74, 6) is 0.691. The molecule has 2 fully saturated rings. The lowest BCUT2D eigenvalue weighted by Gasteiger charge is -2.13. The predicted molar refractivity (Wildman–Crippen MR) is 42.9 cm³/mol. The number of nitrogens with one attached hydrogen (secondary N) is 1. The molecule has 64 valence electrons. The third-order valence-corrected chi connectivity index (χ3v) is 3.10. The van der Waals surface area contributed by atoms with Crippen molar-refractivity contribution in [3.8, 4) is 6.07 Å². The van der Waals surface area contributed by atoms with Crippen molar-refractivity contribution >= 4 is 5.91 Å². The van der Waals surface area contributed by atoms with E-state index in [-0.39, 0.29) is 17.2 Å². The first-order valence-electron chi connectivity index (χ1n) is 4.34. The molecule has 0 aromatic carbocycles. The standard InChI is InChI=1S/C9H12N2O/c1-9(5-10)2-6-4-11-8(12)7(6)3-9/h6-7H,2-4H2,1H3,(H,11,12). The molecule has 1 heterocycles. The van der Waals surface area contributed by atoms with Crippen molar-refractivity contribution in [2.24, 2.45) is 17.3 Å². The Morgan fingerprint density at radius 2 is 2.42 bits per heavy atom. The lowest BCUT2D eigenvalue weighted by atomic mass is 9.89. The van der Waals surface area contributed by atoms with Crippen LogP contribution in [-0.2, 0) is 4.79 Å². The minimum atomic E-state index is -0.243. The molecule has 1 saturated carbocycles. The maximum absolute atomic E-state index is 11.2. The van der Waals surface area contributed by atoms with Gasteiger partial charge in [0.15, 0.2) is 0 Å². The Morgan fingerprint density at radius 3 is 3.00 bits per heavy atom. The van der Waals surface area contributed by atoms with E-state index in [1.807, 2.05) is 6.92 Å². The van der Waals surface area contributed by atoms with E-state index >= 15 is 0 Å². The molecule has 0 aromatic rings. The molecule has 0 radical (unpaired) electrons. The summed E-state index contributed by atoms with van der Waals surface area (Å²) in [4.78, 5) is 11.2. The number of nitriles is 1. The summed E-state index contributed by atoms with van der Waals surface area (Å²) >= 11 is 0. The molecule has 2 rings (SSSR count). The smallest absolute Gasteiger partial charge is 0.223 e. The van der Waals surface area contributed by atoms with Crippen molar-refractivity contribution in [3.05, 3.63) is 0 Å². The van der Waals surface area contributed by atoms with Crippen LogP contribution >= 0.6 is 0 Å². The fourth-order valence-electron chi connectivity index (χ4n) is 2.43. The number of hydrogen-bond donors (Lipinski definition) is 1. The number of hydrogen-bond acceptors (Lipinski definition) is 2. The SMILES string of the molecule is CC1(C#N)CC2CNC(=O)C2C1. The van der Waals surface area contributed by atoms with E-state index in [0.29, 0.717) is 5.92 Å². The fourth-order valence-corrected chi connectivity index (χ4v) is 2.43. The van der Waals surface area contributed by atoms with Gasteiger partial charge in [-0.05, 0) is 25.7 Å². The predicted octanol–water partition coefficient (Wildman–Crippen LogP) is 0.672. The molecule has 3 unspecified atom stereocenters. The van der Waals surface area contributed by atoms with Crippen molar-refractivity contribution in [3.63, 3.8) is 0 Å². The third-order valence-electron chi connectivity index (χ3n) is 3.10. The van der Waals surface area contributed by atoms with Crippen LogP contribution in [0.5, 0.6) is 0 Å². The highest BCUT2D eigenvalue weighted by molar-refractivity contribution is 5.81. The van der Waals surface area contributed by atoms with Crippen LogP contribution in [0.2, 0.25) is 0 Å². The lowest BCUT2D eigenvalue weighted by molar-refractivity contribution is -0.122. The third kappa shape index (κ3) is 0.911. The Labute approximate surface area is 71.8 Å². The van der Waals surface area contributed by atoms with Crippen LogP contribution in [0.4, 0.5) is 0 Å². The number of carbonyl (C=O) groups excluding carboxylic acids is 1. The van der Waals surface area contributed by atoms with Crippen molar-refractivity contribution < 1.29 is 4.79 Å². The van der Waals surface area contributed by atoms with Gasteiger partial charge >= 0.3 is 0 Å². The highest BCUT2D eigenvalue weighted by atomic mass is 16.2. The van der Waals surface area contributed by atoms with Crippen molar-refractivity contribution in [2.45, 2.75) is 19.8 Å². The summed E-state index contributed by atoms with van der Waals surface area (Å²) in [7, 11) is 0. The zero-order valence-electron chi connectivity index (χ0n) is 7.13. The number of nitrogens with zero attached hydrogens (tertiary/aromatic N) is 1. The van der Waals surface area contributed by atoms with E-state index in [4.69, 9.17) is 5.26 Å². The molecule has 0 bridgehead atoms. The van der Waals surface area contributed by atoms with Gasteiger partial charge in [-0.25, -0.2) is 0 Å². The number of rotatable bonds is 0. The molecule has 12 heavy (non-hydrogen) atoms. The molecule has 1 N–H and O–H groups in total. The van der Waals surface area contributed by atoms with Crippen LogP contribution in [0.15, 0.2) is 0 Å². The Hall–Kier alpha value is -1.04. The molecule has 0 aromatic heterocycles. The number of carbonyl (C=O) groups is 1. The zero-order chi connectivity index (χ0) is 8.77. The molecule has 3 nitrogen and oxygen atoms in total. The van der Waals surface area contributed by atoms with E-state index < -0.39 is 0 Å². The van der Waals surface area contributed by atoms with E-state index in [1.54, 1.807) is 0 Å². The molecule has 3 heteroatoms. The topological polar surface area (TPSA) is 52.9 Å². The van der Waals surface area contributed by atoms with Gasteiger partial charge in [-0.2, -0.15) is 5.26 Å². The molecule has 3 atom stereocenters. The number of fused-ring (bicyclic) bond motifs is 1. The normalized spacial score (nSPS) is 45.2. The first-order chi connectivity index (χ1) is 5.64. The van der Waals surface area contributed by atoms with Crippen LogP contribution < -0.4 is 5.32 Å². The lowest BCUT2D eigenvalue weighted by Crippen LogP contribution is -2.22. The average molecular weight is 164 g/mol. The molecule has 2 aliphatic rings. The quantitative estimate of drug-likeness (QED) is 0.572. The second-order valence-corrected chi connectivity index (χ2v) is 4.19. The molecule has 1 aliphatic carbocycles. The summed E-state index contributed by atoms with van der Waals surface area (Å²) in [6, 6.07) is 2.31. The monoisotopic (exact) mass is 164 g/mol. The highest BCUT2D eigenvalue weighted by Crippen LogP contribution is 2.46. The van der Waals surface area contributed by atoms with E-state index in [0.717, 1.165) is 19.4 Å². The largest absolute Gasteiger partial charge is 0.356 e. The second kappa shape index (κ2) is 2.22. The van der Waals surface area contributed by atoms with Crippen molar-refractivity contribution in [1.82, 2.24) is 5.32 Å². The molecule has 1 amide bonds. The minimum Gasteiger partial charge on any atom is -0.356 e. The van der Waals surface area contributed by atoms with Crippen molar-refractivity contribution in [1.29, 1.82) is 5.26 Å². The maximum Gasteiger partial charge on any atom is 0.223 e. The summed E-state index contributed by atoms with van der Waals surface area (Å²) < 4.78 is 0. The van der Waals surface area contributed by atoms with Gasteiger partial charge in [0.1, 0.15) is 0 Å². The molecule has 1 saturated heterocycles. The minimum absolute atomic E-state index is 0.120. The zero-order valence-corrected chi connectivity index (χ0v) is 7.13. The Morgan fingerprint density at radius 1 is 1.67 bits per heavy atom. The summed E-state index contributed by atoms with van der Waals surface area (Å²) in [6.45, 7) is 2.74. The second-order valence-electron chi connectivity index (χ2n) is 4.19. The van der Waals surface area contributed by atoms with Gasteiger partial charge < -0.3 is 5.32 Å². The van der Waals surface area contributed by atoms with Crippen LogP contribution in [0.3, 0.4) is 0 Å².